The lowest BCUT2D eigenvalue weighted by Crippen LogP contribution is -2.51. The second kappa shape index (κ2) is 9.36. The van der Waals surface area contributed by atoms with E-state index in [0.717, 1.165) is 52.0 Å². The zero-order valence-corrected chi connectivity index (χ0v) is 16.3. The van der Waals surface area contributed by atoms with E-state index in [4.69, 9.17) is 0 Å². The van der Waals surface area contributed by atoms with Crippen LogP contribution in [0.25, 0.3) is 10.8 Å². The van der Waals surface area contributed by atoms with Gasteiger partial charge in [0, 0.05) is 38.6 Å². The summed E-state index contributed by atoms with van der Waals surface area (Å²) in [5, 5.41) is 17.2. The van der Waals surface area contributed by atoms with Crippen molar-refractivity contribution in [1.29, 1.82) is 0 Å². The largest absolute Gasteiger partial charge is 0.389 e. The third-order valence-corrected chi connectivity index (χ3v) is 5.72. The molecular formula is C20H26Cl2N2O2. The van der Waals surface area contributed by atoms with Crippen LogP contribution >= 0.6 is 23.7 Å². The molecule has 1 aliphatic carbocycles. The van der Waals surface area contributed by atoms with Crippen molar-refractivity contribution >= 4 is 34.5 Å². The predicted octanol–water partition coefficient (Wildman–Crippen LogP) is 4.05. The number of nitrogens with one attached hydrogen (secondary N) is 1. The Morgan fingerprint density at radius 2 is 1.73 bits per heavy atom. The molecule has 1 unspecified atom stereocenters. The number of fused-ring (bicyclic) bond motifs is 1. The normalized spacial score (nSPS) is 20.7. The first kappa shape index (κ1) is 19.9. The number of hydrogen-bond acceptors (Lipinski definition) is 4. The molecule has 1 aliphatic heterocycles. The Morgan fingerprint density at radius 3 is 2.38 bits per heavy atom. The number of piperazine rings is 1. The van der Waals surface area contributed by atoms with Gasteiger partial charge in [0.25, 0.3) is 0 Å². The quantitative estimate of drug-likeness (QED) is 0.817. The first-order valence-electron chi connectivity index (χ1n) is 9.20. The van der Waals surface area contributed by atoms with Gasteiger partial charge in [-0.15, -0.1) is 0 Å². The summed E-state index contributed by atoms with van der Waals surface area (Å²) in [5.41, 5.74) is 0.804. The third-order valence-electron chi connectivity index (χ3n) is 5.72. The first-order valence-corrected chi connectivity index (χ1v) is 9.82. The highest BCUT2D eigenvalue weighted by molar-refractivity contribution is 6.24. The summed E-state index contributed by atoms with van der Waals surface area (Å²) >= 11 is 8.53. The first-order chi connectivity index (χ1) is 12.7. The summed E-state index contributed by atoms with van der Waals surface area (Å²) < 4.78 is 3.19. The van der Waals surface area contributed by atoms with Gasteiger partial charge < -0.3 is 15.3 Å². The number of hydrogen-bond donors (Lipinski definition) is 2. The molecular weight excluding hydrogens is 371 g/mol. The van der Waals surface area contributed by atoms with Crippen molar-refractivity contribution < 1.29 is 8.95 Å². The lowest BCUT2D eigenvalue weighted by Gasteiger charge is -2.46. The van der Waals surface area contributed by atoms with Crippen LogP contribution in [0.2, 0.25) is 0 Å². The van der Waals surface area contributed by atoms with Gasteiger partial charge in [0.05, 0.1) is 29.3 Å². The summed E-state index contributed by atoms with van der Waals surface area (Å²) in [5.74, 6) is 0.209. The molecule has 2 aliphatic rings. The van der Waals surface area contributed by atoms with Crippen molar-refractivity contribution in [3.8, 4) is 0 Å². The van der Waals surface area contributed by atoms with Crippen LogP contribution in [0.4, 0.5) is 0 Å². The van der Waals surface area contributed by atoms with Gasteiger partial charge in [-0.3, -0.25) is 0 Å². The topological polar surface area (TPSA) is 44.7 Å². The Hall–Kier alpha value is -0.880. The SMILES string of the molecule is ClOCl.OC1(C(CN2CCNCC2)c2cccc3ccccc23)CCC1. The van der Waals surface area contributed by atoms with Crippen LogP contribution in [0.15, 0.2) is 42.5 Å². The van der Waals surface area contributed by atoms with Gasteiger partial charge in [0.2, 0.25) is 0 Å². The van der Waals surface area contributed by atoms with E-state index in [1.807, 2.05) is 0 Å². The molecule has 6 heteroatoms. The fourth-order valence-electron chi connectivity index (χ4n) is 4.15. The average Bonchev–Trinajstić information content (AvgIpc) is 2.65. The molecule has 0 aromatic heterocycles. The molecule has 4 rings (SSSR count). The second-order valence-corrected chi connectivity index (χ2v) is 7.65. The zero-order chi connectivity index (χ0) is 18.4. The summed E-state index contributed by atoms with van der Waals surface area (Å²) in [6, 6.07) is 15.1. The van der Waals surface area contributed by atoms with Gasteiger partial charge in [-0.05, 0) is 35.6 Å². The van der Waals surface area contributed by atoms with Crippen LogP contribution in [0.5, 0.6) is 0 Å². The number of halogens is 2. The monoisotopic (exact) mass is 396 g/mol. The molecule has 1 atom stereocenters. The second-order valence-electron chi connectivity index (χ2n) is 7.19. The van der Waals surface area contributed by atoms with E-state index < -0.39 is 5.60 Å². The van der Waals surface area contributed by atoms with Crippen molar-refractivity contribution in [2.24, 2.45) is 0 Å². The van der Waals surface area contributed by atoms with Gasteiger partial charge in [-0.2, -0.15) is 3.84 Å². The number of nitrogens with zero attached hydrogens (tertiary/aromatic N) is 1. The lowest BCUT2D eigenvalue weighted by molar-refractivity contribution is -0.0648. The summed E-state index contributed by atoms with van der Waals surface area (Å²) in [6.45, 7) is 5.24. The Bertz CT molecular complexity index is 698. The van der Waals surface area contributed by atoms with E-state index in [-0.39, 0.29) is 5.92 Å². The number of aliphatic hydroxyl groups is 1. The number of rotatable bonds is 4. The molecule has 1 heterocycles. The highest BCUT2D eigenvalue weighted by atomic mass is 35.6. The minimum Gasteiger partial charge on any atom is -0.389 e. The maximum Gasteiger partial charge on any atom is 0.0832 e. The fourth-order valence-corrected chi connectivity index (χ4v) is 4.15. The minimum absolute atomic E-state index is 0.209. The van der Waals surface area contributed by atoms with E-state index in [2.05, 4.69) is 80.3 Å². The molecule has 4 nitrogen and oxygen atoms in total. The van der Waals surface area contributed by atoms with E-state index in [1.165, 1.54) is 16.3 Å². The van der Waals surface area contributed by atoms with Crippen molar-refractivity contribution in [3.05, 3.63) is 48.0 Å². The van der Waals surface area contributed by atoms with Crippen molar-refractivity contribution in [1.82, 2.24) is 10.2 Å². The Kier molecular flexibility index (Phi) is 7.15. The molecule has 0 amide bonds. The van der Waals surface area contributed by atoms with Gasteiger partial charge in [-0.1, -0.05) is 42.5 Å². The molecule has 142 valence electrons. The highest BCUT2D eigenvalue weighted by Gasteiger charge is 2.44. The molecule has 0 spiro atoms. The Labute approximate surface area is 165 Å². The smallest absolute Gasteiger partial charge is 0.0832 e. The van der Waals surface area contributed by atoms with E-state index in [0.29, 0.717) is 0 Å². The molecule has 1 saturated carbocycles. The highest BCUT2D eigenvalue weighted by Crippen LogP contribution is 2.45. The molecule has 1 saturated heterocycles. The van der Waals surface area contributed by atoms with Gasteiger partial charge in [0.15, 0.2) is 0 Å². The molecule has 2 aromatic rings. The summed E-state index contributed by atoms with van der Waals surface area (Å²) in [7, 11) is 0. The molecule has 26 heavy (non-hydrogen) atoms. The van der Waals surface area contributed by atoms with Crippen LogP contribution in [-0.2, 0) is 3.84 Å². The molecule has 0 radical (unpaired) electrons. The zero-order valence-electron chi connectivity index (χ0n) is 14.8. The van der Waals surface area contributed by atoms with E-state index >= 15 is 0 Å². The van der Waals surface area contributed by atoms with Crippen molar-refractivity contribution in [3.63, 3.8) is 0 Å². The van der Waals surface area contributed by atoms with Crippen LogP contribution < -0.4 is 5.32 Å². The fraction of sp³-hybridized carbons (Fsp3) is 0.500. The minimum atomic E-state index is -0.519. The standard InChI is InChI=1S/C20H26N2O.Cl2O/c23-20(9-4-10-20)19(15-22-13-11-21-12-14-22)18-8-3-6-16-5-1-2-7-17(16)18;1-3-2/h1-3,5-8,19,21,23H,4,9-15H2;. The maximum atomic E-state index is 11.2. The van der Waals surface area contributed by atoms with Crippen LogP contribution in [0.3, 0.4) is 0 Å². The van der Waals surface area contributed by atoms with Crippen LogP contribution in [0.1, 0.15) is 30.7 Å². The number of benzene rings is 2. The summed E-state index contributed by atoms with van der Waals surface area (Å²) in [4.78, 5) is 2.51. The summed E-state index contributed by atoms with van der Waals surface area (Å²) in [6.07, 6.45) is 3.03. The van der Waals surface area contributed by atoms with Gasteiger partial charge >= 0.3 is 0 Å². The van der Waals surface area contributed by atoms with Crippen LogP contribution in [0, 0.1) is 0 Å². The Morgan fingerprint density at radius 1 is 1.08 bits per heavy atom. The third kappa shape index (κ3) is 4.50. The maximum absolute atomic E-state index is 11.2. The van der Waals surface area contributed by atoms with Gasteiger partial charge in [0.1, 0.15) is 0 Å². The van der Waals surface area contributed by atoms with E-state index in [9.17, 15) is 5.11 Å². The molecule has 2 fully saturated rings. The van der Waals surface area contributed by atoms with Crippen LogP contribution in [-0.4, -0.2) is 48.3 Å². The predicted molar refractivity (Wildman–Crippen MR) is 108 cm³/mol. The van der Waals surface area contributed by atoms with E-state index in [1.54, 1.807) is 0 Å². The van der Waals surface area contributed by atoms with Gasteiger partial charge in [-0.25, -0.2) is 0 Å². The molecule has 0 bridgehead atoms. The molecule has 2 aromatic carbocycles. The van der Waals surface area contributed by atoms with Crippen molar-refractivity contribution in [2.75, 3.05) is 32.7 Å². The Balaban J connectivity index is 0.000000613. The lowest BCUT2D eigenvalue weighted by atomic mass is 9.67. The average molecular weight is 397 g/mol. The molecule has 2 N–H and O–H groups in total. The van der Waals surface area contributed by atoms with Crippen molar-refractivity contribution in [2.45, 2.75) is 30.8 Å².